The first-order chi connectivity index (χ1) is 14.2. The molecular formula is C18H25BN4O7. The Balaban J connectivity index is 1.52. The smallest absolute Gasteiger partial charge is 0.522 e. The van der Waals surface area contributed by atoms with Crippen LogP contribution in [0.5, 0.6) is 11.5 Å². The van der Waals surface area contributed by atoms with Crippen LogP contribution in [0.15, 0.2) is 12.1 Å². The van der Waals surface area contributed by atoms with Crippen LogP contribution in [0.25, 0.3) is 0 Å². The second-order valence-corrected chi connectivity index (χ2v) is 7.42. The van der Waals surface area contributed by atoms with Crippen molar-refractivity contribution in [2.75, 3.05) is 26.2 Å². The number of aromatic carboxylic acids is 1. The summed E-state index contributed by atoms with van der Waals surface area (Å²) in [6.07, 6.45) is 0.708. The van der Waals surface area contributed by atoms with E-state index in [0.29, 0.717) is 37.9 Å². The Bertz CT molecular complexity index is 831. The Morgan fingerprint density at radius 2 is 2.10 bits per heavy atom. The maximum atomic E-state index is 11.9. The van der Waals surface area contributed by atoms with Gasteiger partial charge >= 0.3 is 13.1 Å². The second kappa shape index (κ2) is 9.33. The van der Waals surface area contributed by atoms with E-state index in [9.17, 15) is 24.5 Å². The molecule has 0 saturated carbocycles. The Kier molecular flexibility index (Phi) is 6.80. The van der Waals surface area contributed by atoms with Crippen molar-refractivity contribution in [3.05, 3.63) is 23.3 Å². The van der Waals surface area contributed by atoms with Gasteiger partial charge < -0.3 is 36.3 Å². The summed E-state index contributed by atoms with van der Waals surface area (Å²) in [7, 11) is -1.04. The summed E-state index contributed by atoms with van der Waals surface area (Å²) >= 11 is 0. The molecule has 7 N–H and O–H groups in total. The zero-order chi connectivity index (χ0) is 21.8. The van der Waals surface area contributed by atoms with Crippen molar-refractivity contribution < 1.29 is 33.9 Å². The Labute approximate surface area is 173 Å². The maximum absolute atomic E-state index is 11.9. The number of aryl methyl sites for hydroxylation is 1. The van der Waals surface area contributed by atoms with Gasteiger partial charge in [-0.05, 0) is 24.4 Å². The number of carboxylic acid groups (broad SMARTS) is 1. The molecule has 30 heavy (non-hydrogen) atoms. The van der Waals surface area contributed by atoms with E-state index in [1.807, 2.05) is 4.90 Å². The van der Waals surface area contributed by atoms with Crippen molar-refractivity contribution in [3.63, 3.8) is 0 Å². The Morgan fingerprint density at radius 1 is 1.37 bits per heavy atom. The predicted octanol–water partition coefficient (Wildman–Crippen LogP) is -1.82. The molecule has 2 amide bonds. The van der Waals surface area contributed by atoms with Gasteiger partial charge in [0.1, 0.15) is 23.2 Å². The van der Waals surface area contributed by atoms with Gasteiger partial charge in [0.2, 0.25) is 11.8 Å². The summed E-state index contributed by atoms with van der Waals surface area (Å²) < 4.78 is 11.2. The molecule has 1 aromatic carbocycles. The van der Waals surface area contributed by atoms with Gasteiger partial charge in [0, 0.05) is 32.6 Å². The highest BCUT2D eigenvalue weighted by Gasteiger charge is 2.34. The first-order valence-electron chi connectivity index (χ1n) is 9.69. The molecule has 2 aliphatic heterocycles. The number of benzene rings is 1. The number of likely N-dealkylation sites (tertiary alicyclic amines) is 1. The van der Waals surface area contributed by atoms with Crippen molar-refractivity contribution >= 4 is 24.9 Å². The first kappa shape index (κ1) is 21.9. The SMILES string of the molecule is NC(=O)CCNC(=O)[C@@H](N)CN1CC(Oc2ccc3c(c2C(=O)O)OB(O)CC3)C1. The number of rotatable bonds is 9. The molecule has 3 rings (SSSR count). The minimum absolute atomic E-state index is 0.0471. The third-order valence-electron chi connectivity index (χ3n) is 5.01. The highest BCUT2D eigenvalue weighted by Crippen LogP contribution is 2.37. The molecule has 1 aromatic rings. The van der Waals surface area contributed by atoms with E-state index in [1.54, 1.807) is 12.1 Å². The number of nitrogens with one attached hydrogen (secondary N) is 1. The highest BCUT2D eigenvalue weighted by molar-refractivity contribution is 6.44. The van der Waals surface area contributed by atoms with Gasteiger partial charge in [-0.2, -0.15) is 0 Å². The van der Waals surface area contributed by atoms with E-state index < -0.39 is 25.0 Å². The van der Waals surface area contributed by atoms with Crippen molar-refractivity contribution in [1.29, 1.82) is 0 Å². The topological polar surface area (TPSA) is 177 Å². The molecule has 0 unspecified atom stereocenters. The molecule has 11 nitrogen and oxygen atoms in total. The normalized spacial score (nSPS) is 17.3. The van der Waals surface area contributed by atoms with E-state index in [0.717, 1.165) is 0 Å². The van der Waals surface area contributed by atoms with Crippen LogP contribution in [-0.4, -0.2) is 78.3 Å². The molecule has 1 saturated heterocycles. The average molecular weight is 420 g/mol. The van der Waals surface area contributed by atoms with Gasteiger partial charge in [-0.3, -0.25) is 14.5 Å². The number of carbonyl (C=O) groups is 3. The predicted molar refractivity (Wildman–Crippen MR) is 106 cm³/mol. The average Bonchev–Trinajstić information content (AvgIpc) is 2.64. The molecule has 162 valence electrons. The van der Waals surface area contributed by atoms with Crippen molar-refractivity contribution in [2.45, 2.75) is 31.3 Å². The van der Waals surface area contributed by atoms with Crippen molar-refractivity contribution in [1.82, 2.24) is 10.2 Å². The minimum Gasteiger partial charge on any atom is -0.535 e. The van der Waals surface area contributed by atoms with Crippen LogP contribution < -0.4 is 26.2 Å². The molecule has 1 fully saturated rings. The van der Waals surface area contributed by atoms with E-state index >= 15 is 0 Å². The van der Waals surface area contributed by atoms with Gasteiger partial charge in [0.15, 0.2) is 0 Å². The number of hydrogen-bond acceptors (Lipinski definition) is 8. The van der Waals surface area contributed by atoms with Crippen LogP contribution in [0.3, 0.4) is 0 Å². The summed E-state index contributed by atoms with van der Waals surface area (Å²) in [5.41, 5.74) is 11.5. The summed E-state index contributed by atoms with van der Waals surface area (Å²) in [6, 6.07) is 2.57. The molecule has 0 spiro atoms. The van der Waals surface area contributed by atoms with E-state index in [1.165, 1.54) is 0 Å². The monoisotopic (exact) mass is 420 g/mol. The number of amides is 2. The molecular weight excluding hydrogens is 395 g/mol. The third-order valence-corrected chi connectivity index (χ3v) is 5.01. The third kappa shape index (κ3) is 5.20. The van der Waals surface area contributed by atoms with Crippen LogP contribution in [-0.2, 0) is 16.0 Å². The molecule has 0 aromatic heterocycles. The summed E-state index contributed by atoms with van der Waals surface area (Å²) in [5.74, 6) is -1.76. The lowest BCUT2D eigenvalue weighted by molar-refractivity contribution is -0.123. The fourth-order valence-electron chi connectivity index (χ4n) is 3.44. The largest absolute Gasteiger partial charge is 0.535 e. The zero-order valence-corrected chi connectivity index (χ0v) is 16.4. The summed E-state index contributed by atoms with van der Waals surface area (Å²) in [5, 5.41) is 21.9. The lowest BCUT2D eigenvalue weighted by Gasteiger charge is -2.40. The van der Waals surface area contributed by atoms with Crippen LogP contribution in [0, 0.1) is 0 Å². The first-order valence-corrected chi connectivity index (χ1v) is 9.69. The van der Waals surface area contributed by atoms with Gasteiger partial charge in [-0.15, -0.1) is 0 Å². The lowest BCUT2D eigenvalue weighted by atomic mass is 9.78. The molecule has 0 bridgehead atoms. The number of ether oxygens (including phenoxy) is 1. The number of nitrogens with two attached hydrogens (primary N) is 2. The molecule has 1 atom stereocenters. The lowest BCUT2D eigenvalue weighted by Crippen LogP contribution is -2.59. The van der Waals surface area contributed by atoms with Crippen molar-refractivity contribution in [2.24, 2.45) is 11.5 Å². The van der Waals surface area contributed by atoms with Crippen LogP contribution in [0.4, 0.5) is 0 Å². The fourth-order valence-corrected chi connectivity index (χ4v) is 3.44. The van der Waals surface area contributed by atoms with Crippen LogP contribution >= 0.6 is 0 Å². The van der Waals surface area contributed by atoms with Gasteiger partial charge in [-0.25, -0.2) is 4.79 Å². The number of primary amides is 1. The van der Waals surface area contributed by atoms with Gasteiger partial charge in [0.25, 0.3) is 0 Å². The van der Waals surface area contributed by atoms with Crippen LogP contribution in [0.2, 0.25) is 6.32 Å². The molecule has 2 heterocycles. The second-order valence-electron chi connectivity index (χ2n) is 7.42. The number of carboxylic acids is 1. The Morgan fingerprint density at radius 3 is 2.77 bits per heavy atom. The quantitative estimate of drug-likeness (QED) is 0.288. The molecule has 2 aliphatic rings. The number of fused-ring (bicyclic) bond motifs is 1. The van der Waals surface area contributed by atoms with Crippen molar-refractivity contribution in [3.8, 4) is 11.5 Å². The minimum atomic E-state index is -1.19. The summed E-state index contributed by atoms with van der Waals surface area (Å²) in [4.78, 5) is 36.3. The van der Waals surface area contributed by atoms with E-state index in [-0.39, 0.29) is 42.0 Å². The zero-order valence-electron chi connectivity index (χ0n) is 16.4. The van der Waals surface area contributed by atoms with E-state index in [4.69, 9.17) is 20.9 Å². The van der Waals surface area contributed by atoms with Gasteiger partial charge in [0.05, 0.1) is 6.04 Å². The van der Waals surface area contributed by atoms with Gasteiger partial charge in [-0.1, -0.05) is 6.07 Å². The standard InChI is InChI=1S/C18H25BN4O7/c20-12(17(25)22-6-4-14(21)24)9-23-7-11(8-23)29-13-2-1-10-3-5-19(28)30-16(10)15(13)18(26)27/h1-2,11-12,28H,3-9,20H2,(H2,21,24)(H,22,25)(H,26,27)/t12-/m0/s1. The number of carbonyl (C=O) groups excluding carboxylic acids is 2. The fraction of sp³-hybridized carbons (Fsp3) is 0.500. The van der Waals surface area contributed by atoms with Crippen LogP contribution in [0.1, 0.15) is 22.3 Å². The molecule has 0 aliphatic carbocycles. The molecule has 0 radical (unpaired) electrons. The molecule has 12 heteroatoms. The number of nitrogens with zero attached hydrogens (tertiary/aromatic N) is 1. The highest BCUT2D eigenvalue weighted by atomic mass is 16.5. The maximum Gasteiger partial charge on any atom is 0.522 e. The number of hydrogen-bond donors (Lipinski definition) is 5. The van der Waals surface area contributed by atoms with E-state index in [2.05, 4.69) is 5.32 Å². The summed E-state index contributed by atoms with van der Waals surface area (Å²) in [6.45, 7) is 1.39. The Hall–Kier alpha value is -2.83.